The lowest BCUT2D eigenvalue weighted by molar-refractivity contribution is -0.402. The van der Waals surface area contributed by atoms with Crippen LogP contribution in [0.4, 0.5) is 0 Å². The van der Waals surface area contributed by atoms with E-state index >= 15 is 0 Å². The van der Waals surface area contributed by atoms with Crippen LogP contribution in [0.3, 0.4) is 0 Å². The quantitative estimate of drug-likeness (QED) is 0.437. The van der Waals surface area contributed by atoms with Crippen molar-refractivity contribution < 1.29 is 29.6 Å². The summed E-state index contributed by atoms with van der Waals surface area (Å²) < 4.78 is 11.1. The van der Waals surface area contributed by atoms with E-state index in [0.717, 1.165) is 11.1 Å². The molecule has 3 rings (SSSR count). The predicted molar refractivity (Wildman–Crippen MR) is 118 cm³/mol. The van der Waals surface area contributed by atoms with E-state index in [1.54, 1.807) is 60.7 Å². The largest absolute Gasteiger partial charge is 0.419 e. The van der Waals surface area contributed by atoms with Crippen LogP contribution in [0.2, 0.25) is 0 Å². The van der Waals surface area contributed by atoms with Gasteiger partial charge in [0.15, 0.2) is 17.5 Å². The fourth-order valence-corrected chi connectivity index (χ4v) is 2.93. The number of esters is 2. The molecular weight excluding hydrogens is 408 g/mol. The Bertz CT molecular complexity index is 1140. The zero-order chi connectivity index (χ0) is 23.3. The Morgan fingerprint density at radius 1 is 0.781 bits per heavy atom. The van der Waals surface area contributed by atoms with E-state index in [-0.39, 0.29) is 17.9 Å². The summed E-state index contributed by atoms with van der Waals surface area (Å²) in [4.78, 5) is 36.6. The van der Waals surface area contributed by atoms with Gasteiger partial charge in [-0.3, -0.25) is 4.79 Å². The van der Waals surface area contributed by atoms with Crippen LogP contribution in [0.1, 0.15) is 37.4 Å². The second-order valence-corrected chi connectivity index (χ2v) is 7.60. The number of carbonyl (C=O) groups excluding carboxylic acids is 3. The summed E-state index contributed by atoms with van der Waals surface area (Å²) in [6.07, 6.45) is 0.247. The van der Waals surface area contributed by atoms with Crippen LogP contribution in [-0.2, 0) is 11.2 Å². The lowest BCUT2D eigenvalue weighted by Gasteiger charge is -2.13. The minimum Gasteiger partial charge on any atom is -0.419 e. The molecule has 7 nitrogen and oxygen atoms in total. The van der Waals surface area contributed by atoms with Crippen molar-refractivity contribution >= 4 is 17.8 Å². The molecule has 0 saturated heterocycles. The Morgan fingerprint density at radius 2 is 1.25 bits per heavy atom. The van der Waals surface area contributed by atoms with E-state index in [1.807, 2.05) is 13.8 Å². The molecule has 0 radical (unpaired) electrons. The maximum absolute atomic E-state index is 12.7. The van der Waals surface area contributed by atoms with E-state index < -0.39 is 23.9 Å². The van der Waals surface area contributed by atoms with Gasteiger partial charge in [-0.15, -0.1) is 0 Å². The van der Waals surface area contributed by atoms with Gasteiger partial charge in [0.1, 0.15) is 0 Å². The fourth-order valence-electron chi connectivity index (χ4n) is 2.93. The maximum Gasteiger partial charge on any atom is 0.343 e. The second-order valence-electron chi connectivity index (χ2n) is 7.60. The molecule has 7 heteroatoms. The molecule has 0 spiro atoms. The van der Waals surface area contributed by atoms with E-state index in [4.69, 9.17) is 15.2 Å². The van der Waals surface area contributed by atoms with Gasteiger partial charge in [-0.1, -0.05) is 41.5 Å². The van der Waals surface area contributed by atoms with Crippen molar-refractivity contribution in [2.75, 3.05) is 0 Å². The first kappa shape index (κ1) is 22.7. The number of rotatable bonds is 7. The van der Waals surface area contributed by atoms with E-state index in [2.05, 4.69) is 5.73 Å². The van der Waals surface area contributed by atoms with Crippen LogP contribution in [0.15, 0.2) is 66.7 Å². The average molecular weight is 433 g/mol. The number of ether oxygens (including phenoxy) is 2. The molecule has 32 heavy (non-hydrogen) atoms. The molecule has 3 aromatic rings. The highest BCUT2D eigenvalue weighted by atomic mass is 16.6. The number of aryl methyl sites for hydroxylation is 2. The highest BCUT2D eigenvalue weighted by molar-refractivity contribution is 5.93. The van der Waals surface area contributed by atoms with Crippen molar-refractivity contribution in [3.63, 3.8) is 0 Å². The van der Waals surface area contributed by atoms with Crippen molar-refractivity contribution in [3.05, 3.63) is 94.5 Å². The lowest BCUT2D eigenvalue weighted by atomic mass is 10.1. The van der Waals surface area contributed by atoms with Gasteiger partial charge in [-0.25, -0.2) is 9.59 Å². The van der Waals surface area contributed by atoms with Crippen LogP contribution in [0.25, 0.3) is 0 Å². The molecule has 0 aliphatic rings. The Morgan fingerprint density at radius 3 is 1.72 bits per heavy atom. The summed E-state index contributed by atoms with van der Waals surface area (Å²) >= 11 is 0. The van der Waals surface area contributed by atoms with E-state index in [0.29, 0.717) is 16.7 Å². The van der Waals surface area contributed by atoms with Crippen LogP contribution in [0.5, 0.6) is 11.5 Å². The number of carbonyl (C=O) groups is 3. The molecule has 5 N–H and O–H groups in total. The SMILES string of the molecule is Cc1ccc(C(=O)Oc2ccc(C[C@H]([NH3+])C(N)=O)cc2OC(=O)c2ccc(C)cc2)cc1. The van der Waals surface area contributed by atoms with Gasteiger partial charge in [0.25, 0.3) is 5.91 Å². The number of amides is 1. The minimum atomic E-state index is -0.656. The van der Waals surface area contributed by atoms with Crippen LogP contribution in [0, 0.1) is 13.8 Å². The zero-order valence-electron chi connectivity index (χ0n) is 18.0. The molecule has 0 aliphatic carbocycles. The summed E-state index contributed by atoms with van der Waals surface area (Å²) in [5.41, 5.74) is 12.4. The third kappa shape index (κ3) is 5.80. The first-order chi connectivity index (χ1) is 15.2. The number of primary amides is 1. The number of quaternary nitrogens is 1. The molecule has 0 aromatic heterocycles. The molecular formula is C25H25N2O5+. The van der Waals surface area contributed by atoms with Gasteiger partial charge in [-0.05, 0) is 55.8 Å². The van der Waals surface area contributed by atoms with Crippen molar-refractivity contribution in [3.8, 4) is 11.5 Å². The molecule has 0 aliphatic heterocycles. The number of benzene rings is 3. The van der Waals surface area contributed by atoms with Gasteiger partial charge < -0.3 is 20.9 Å². The third-order valence-electron chi connectivity index (χ3n) is 4.87. The van der Waals surface area contributed by atoms with E-state index in [9.17, 15) is 14.4 Å². The molecule has 3 aromatic carbocycles. The fraction of sp³-hybridized carbons (Fsp3) is 0.160. The average Bonchev–Trinajstić information content (AvgIpc) is 2.76. The number of nitrogens with two attached hydrogens (primary N) is 1. The van der Waals surface area contributed by atoms with Crippen LogP contribution >= 0.6 is 0 Å². The van der Waals surface area contributed by atoms with Gasteiger partial charge in [0, 0.05) is 6.42 Å². The molecule has 0 saturated carbocycles. The van der Waals surface area contributed by atoms with Crippen LogP contribution < -0.4 is 20.9 Å². The molecule has 164 valence electrons. The van der Waals surface area contributed by atoms with Gasteiger partial charge >= 0.3 is 11.9 Å². The monoisotopic (exact) mass is 433 g/mol. The molecule has 1 amide bonds. The minimum absolute atomic E-state index is 0.0604. The second kappa shape index (κ2) is 9.89. The molecule has 0 heterocycles. The Labute approximate surface area is 185 Å². The van der Waals surface area contributed by atoms with Crippen molar-refractivity contribution in [2.45, 2.75) is 26.3 Å². The van der Waals surface area contributed by atoms with E-state index in [1.165, 1.54) is 6.07 Å². The zero-order valence-corrected chi connectivity index (χ0v) is 18.0. The van der Waals surface area contributed by atoms with Crippen molar-refractivity contribution in [2.24, 2.45) is 5.73 Å². The van der Waals surface area contributed by atoms with Crippen molar-refractivity contribution in [1.82, 2.24) is 0 Å². The van der Waals surface area contributed by atoms with Crippen molar-refractivity contribution in [1.29, 1.82) is 0 Å². The number of hydrogen-bond acceptors (Lipinski definition) is 5. The topological polar surface area (TPSA) is 123 Å². The normalized spacial score (nSPS) is 11.5. The lowest BCUT2D eigenvalue weighted by Crippen LogP contribution is -2.67. The Kier molecular flexibility index (Phi) is 7.02. The Hall–Kier alpha value is -3.97. The standard InChI is InChI=1S/C25H24N2O5/c1-15-3-8-18(9-4-15)24(29)31-21-12-7-17(13-20(26)23(27)28)14-22(21)32-25(30)19-10-5-16(2)6-11-19/h3-12,14,20H,13,26H2,1-2H3,(H2,27,28)/p+1/t20-/m0/s1. The number of hydrogen-bond donors (Lipinski definition) is 2. The molecule has 0 bridgehead atoms. The smallest absolute Gasteiger partial charge is 0.343 e. The maximum atomic E-state index is 12.7. The predicted octanol–water partition coefficient (Wildman–Crippen LogP) is 2.38. The first-order valence-corrected chi connectivity index (χ1v) is 10.1. The highest BCUT2D eigenvalue weighted by Crippen LogP contribution is 2.30. The summed E-state index contributed by atoms with van der Waals surface area (Å²) in [7, 11) is 0. The molecule has 1 atom stereocenters. The van der Waals surface area contributed by atoms with Gasteiger partial charge in [0.2, 0.25) is 0 Å². The Balaban J connectivity index is 1.89. The summed E-state index contributed by atoms with van der Waals surface area (Å²) in [6, 6.07) is 17.9. The van der Waals surface area contributed by atoms with Gasteiger partial charge in [-0.2, -0.15) is 0 Å². The third-order valence-corrected chi connectivity index (χ3v) is 4.87. The molecule has 0 fully saturated rings. The summed E-state index contributed by atoms with van der Waals surface area (Å²) in [5.74, 6) is -1.59. The first-order valence-electron chi connectivity index (χ1n) is 10.1. The molecule has 0 unspecified atom stereocenters. The highest BCUT2D eigenvalue weighted by Gasteiger charge is 2.20. The summed E-state index contributed by atoms with van der Waals surface area (Å²) in [5, 5.41) is 0. The van der Waals surface area contributed by atoms with Gasteiger partial charge in [0.05, 0.1) is 11.1 Å². The summed E-state index contributed by atoms with van der Waals surface area (Å²) in [6.45, 7) is 3.83. The van der Waals surface area contributed by atoms with Crippen LogP contribution in [-0.4, -0.2) is 23.9 Å².